The molecule has 1 aromatic heterocycles. The molecule has 0 spiro atoms. The van der Waals surface area contributed by atoms with Crippen LogP contribution in [0.4, 0.5) is 17.6 Å². The maximum atomic E-state index is 9.36. The van der Waals surface area contributed by atoms with E-state index in [-0.39, 0.29) is 17.1 Å². The van der Waals surface area contributed by atoms with Gasteiger partial charge in [0.2, 0.25) is 5.95 Å². The van der Waals surface area contributed by atoms with Crippen molar-refractivity contribution >= 4 is 23.2 Å². The summed E-state index contributed by atoms with van der Waals surface area (Å²) in [7, 11) is 6.88. The molecule has 0 amide bonds. The zero-order chi connectivity index (χ0) is 16.2. The molecule has 1 heterocycles. The van der Waals surface area contributed by atoms with Gasteiger partial charge in [-0.05, 0) is 0 Å². The SMILES string of the molecule is CN(C)c1nc(N)nc(N(C)C)c1C(C#N)=C(C#N)C#N. The van der Waals surface area contributed by atoms with E-state index in [1.54, 1.807) is 50.1 Å². The van der Waals surface area contributed by atoms with Gasteiger partial charge in [0.05, 0.1) is 11.1 Å². The van der Waals surface area contributed by atoms with E-state index in [1.807, 2.05) is 6.07 Å². The molecule has 0 radical (unpaired) electrons. The fourth-order valence-electron chi connectivity index (χ4n) is 1.70. The maximum Gasteiger partial charge on any atom is 0.223 e. The lowest BCUT2D eigenvalue weighted by Gasteiger charge is -2.22. The van der Waals surface area contributed by atoms with Crippen molar-refractivity contribution in [3.8, 4) is 18.2 Å². The second kappa shape index (κ2) is 6.23. The van der Waals surface area contributed by atoms with Gasteiger partial charge in [-0.3, -0.25) is 0 Å². The Morgan fingerprint density at radius 1 is 0.905 bits per heavy atom. The highest BCUT2D eigenvalue weighted by Gasteiger charge is 2.23. The minimum Gasteiger partial charge on any atom is -0.368 e. The molecule has 0 aliphatic heterocycles. The minimum atomic E-state index is -0.294. The summed E-state index contributed by atoms with van der Waals surface area (Å²) in [5, 5.41) is 27.4. The number of aromatic nitrogens is 2. The smallest absolute Gasteiger partial charge is 0.223 e. The van der Waals surface area contributed by atoms with Gasteiger partial charge >= 0.3 is 0 Å². The van der Waals surface area contributed by atoms with E-state index in [2.05, 4.69) is 9.97 Å². The van der Waals surface area contributed by atoms with E-state index in [0.29, 0.717) is 17.2 Å². The van der Waals surface area contributed by atoms with Gasteiger partial charge < -0.3 is 15.5 Å². The van der Waals surface area contributed by atoms with E-state index in [0.717, 1.165) is 0 Å². The predicted octanol–water partition coefficient (Wildman–Crippen LogP) is 0.515. The van der Waals surface area contributed by atoms with Crippen molar-refractivity contribution in [1.82, 2.24) is 9.97 Å². The van der Waals surface area contributed by atoms with Crippen LogP contribution in [0.25, 0.3) is 5.57 Å². The van der Waals surface area contributed by atoms with Gasteiger partial charge in [-0.15, -0.1) is 0 Å². The number of hydrogen-bond donors (Lipinski definition) is 1. The summed E-state index contributed by atoms with van der Waals surface area (Å²) >= 11 is 0. The van der Waals surface area contributed by atoms with Gasteiger partial charge in [0.15, 0.2) is 0 Å². The molecule has 0 aliphatic carbocycles. The topological polar surface area (TPSA) is 130 Å². The van der Waals surface area contributed by atoms with E-state index < -0.39 is 0 Å². The molecule has 0 saturated heterocycles. The second-order valence-electron chi connectivity index (χ2n) is 4.48. The number of nitrogen functional groups attached to an aromatic ring is 1. The Labute approximate surface area is 123 Å². The number of rotatable bonds is 3. The third-order valence-corrected chi connectivity index (χ3v) is 2.57. The summed E-state index contributed by atoms with van der Waals surface area (Å²) in [4.78, 5) is 11.5. The van der Waals surface area contributed by atoms with Crippen molar-refractivity contribution in [2.75, 3.05) is 43.7 Å². The Morgan fingerprint density at radius 2 is 1.33 bits per heavy atom. The Bertz CT molecular complexity index is 664. The van der Waals surface area contributed by atoms with Gasteiger partial charge in [-0.25, -0.2) is 0 Å². The molecule has 2 N–H and O–H groups in total. The molecule has 0 bridgehead atoms. The zero-order valence-corrected chi connectivity index (χ0v) is 12.2. The molecular formula is C13H14N8. The Morgan fingerprint density at radius 3 is 1.62 bits per heavy atom. The van der Waals surface area contributed by atoms with Crippen LogP contribution < -0.4 is 15.5 Å². The summed E-state index contributed by atoms with van der Waals surface area (Å²) in [6.07, 6.45) is 0. The van der Waals surface area contributed by atoms with Crippen molar-refractivity contribution in [3.63, 3.8) is 0 Å². The van der Waals surface area contributed by atoms with Gasteiger partial charge in [-0.2, -0.15) is 25.8 Å². The molecule has 21 heavy (non-hydrogen) atoms. The van der Waals surface area contributed by atoms with Crippen molar-refractivity contribution in [1.29, 1.82) is 15.8 Å². The number of hydrogen-bond acceptors (Lipinski definition) is 8. The average Bonchev–Trinajstić information content (AvgIpc) is 2.44. The third-order valence-electron chi connectivity index (χ3n) is 2.57. The summed E-state index contributed by atoms with van der Waals surface area (Å²) in [5.74, 6) is 0.774. The zero-order valence-electron chi connectivity index (χ0n) is 12.2. The minimum absolute atomic E-state index is 0.0407. The fourth-order valence-corrected chi connectivity index (χ4v) is 1.70. The molecule has 1 rings (SSSR count). The number of anilines is 3. The molecule has 0 unspecified atom stereocenters. The molecular weight excluding hydrogens is 268 g/mol. The third kappa shape index (κ3) is 2.99. The first kappa shape index (κ1) is 15.7. The highest BCUT2D eigenvalue weighted by atomic mass is 15.2. The number of nitriles is 3. The van der Waals surface area contributed by atoms with Crippen LogP contribution in [-0.2, 0) is 0 Å². The van der Waals surface area contributed by atoms with E-state index in [1.165, 1.54) is 0 Å². The molecule has 0 atom stereocenters. The molecule has 8 heteroatoms. The standard InChI is InChI=1S/C13H14N8/c1-20(2)11-10(9(7-16)8(5-14)6-15)12(21(3)4)19-13(17)18-11/h1-4H3,(H2,17,18,19). The summed E-state index contributed by atoms with van der Waals surface area (Å²) in [5.41, 5.74) is 5.62. The Kier molecular flexibility index (Phi) is 4.67. The number of allylic oxidation sites excluding steroid dienone is 2. The summed E-state index contributed by atoms with van der Waals surface area (Å²) in [6, 6.07) is 5.33. The molecule has 8 nitrogen and oxygen atoms in total. The van der Waals surface area contributed by atoms with Crippen LogP contribution >= 0.6 is 0 Å². The second-order valence-corrected chi connectivity index (χ2v) is 4.48. The molecule has 0 aromatic carbocycles. The van der Waals surface area contributed by atoms with E-state index >= 15 is 0 Å². The lowest BCUT2D eigenvalue weighted by atomic mass is 10.0. The lowest BCUT2D eigenvalue weighted by molar-refractivity contribution is 0.997. The van der Waals surface area contributed by atoms with Gasteiger partial charge in [0.1, 0.15) is 35.4 Å². The van der Waals surface area contributed by atoms with Crippen molar-refractivity contribution < 1.29 is 0 Å². The van der Waals surface area contributed by atoms with Crippen LogP contribution in [0.15, 0.2) is 5.57 Å². The normalized spacial score (nSPS) is 9.00. The van der Waals surface area contributed by atoms with Crippen LogP contribution in [0.5, 0.6) is 0 Å². The number of nitrogens with zero attached hydrogens (tertiary/aromatic N) is 7. The average molecular weight is 282 g/mol. The van der Waals surface area contributed by atoms with Crippen molar-refractivity contribution in [2.45, 2.75) is 0 Å². The highest BCUT2D eigenvalue weighted by Crippen LogP contribution is 2.33. The monoisotopic (exact) mass is 282 g/mol. The Hall–Kier alpha value is -3.31. The van der Waals surface area contributed by atoms with Gasteiger partial charge in [0.25, 0.3) is 0 Å². The van der Waals surface area contributed by atoms with Crippen LogP contribution in [0.3, 0.4) is 0 Å². The number of nitrogens with two attached hydrogens (primary N) is 1. The summed E-state index contributed by atoms with van der Waals surface area (Å²) < 4.78 is 0. The van der Waals surface area contributed by atoms with Crippen LogP contribution in [0.1, 0.15) is 5.56 Å². The van der Waals surface area contributed by atoms with Gasteiger partial charge in [0, 0.05) is 28.2 Å². The summed E-state index contributed by atoms with van der Waals surface area (Å²) in [6.45, 7) is 0. The predicted molar refractivity (Wildman–Crippen MR) is 78.9 cm³/mol. The maximum absolute atomic E-state index is 9.36. The highest BCUT2D eigenvalue weighted by molar-refractivity contribution is 5.93. The van der Waals surface area contributed by atoms with Crippen molar-refractivity contribution in [2.24, 2.45) is 0 Å². The largest absolute Gasteiger partial charge is 0.368 e. The van der Waals surface area contributed by atoms with Crippen LogP contribution in [0, 0.1) is 34.0 Å². The van der Waals surface area contributed by atoms with E-state index in [9.17, 15) is 5.26 Å². The van der Waals surface area contributed by atoms with Crippen molar-refractivity contribution in [3.05, 3.63) is 11.1 Å². The first-order valence-corrected chi connectivity index (χ1v) is 5.84. The molecule has 0 aliphatic rings. The lowest BCUT2D eigenvalue weighted by Crippen LogP contribution is -2.20. The molecule has 0 fully saturated rings. The first-order chi connectivity index (χ1) is 9.87. The van der Waals surface area contributed by atoms with Gasteiger partial charge in [-0.1, -0.05) is 0 Å². The fraction of sp³-hybridized carbons (Fsp3) is 0.308. The molecule has 1 aromatic rings. The van der Waals surface area contributed by atoms with Crippen LogP contribution in [0.2, 0.25) is 0 Å². The van der Waals surface area contributed by atoms with Crippen LogP contribution in [-0.4, -0.2) is 38.2 Å². The Balaban J connectivity index is 3.93. The molecule has 0 saturated carbocycles. The quantitative estimate of drug-likeness (QED) is 0.794. The molecule has 106 valence electrons. The van der Waals surface area contributed by atoms with E-state index in [4.69, 9.17) is 16.3 Å². The first-order valence-electron chi connectivity index (χ1n) is 5.84.